The molecule has 3 heteroatoms. The van der Waals surface area contributed by atoms with Gasteiger partial charge in [0.25, 0.3) is 0 Å². The van der Waals surface area contributed by atoms with Gasteiger partial charge in [0, 0.05) is 19.5 Å². The number of hydrogen-bond acceptors (Lipinski definition) is 2. The first-order chi connectivity index (χ1) is 16.8. The molecule has 4 fully saturated rings. The largest absolute Gasteiger partial charge is 0.342 e. The summed E-state index contributed by atoms with van der Waals surface area (Å²) in [6.07, 6.45) is 21.8. The molecule has 0 radical (unpaired) electrons. The van der Waals surface area contributed by atoms with Gasteiger partial charge in [0.15, 0.2) is 0 Å². The van der Waals surface area contributed by atoms with Gasteiger partial charge in [-0.2, -0.15) is 11.8 Å². The summed E-state index contributed by atoms with van der Waals surface area (Å²) in [5, 5.41) is 0. The molecule has 202 valence electrons. The van der Waals surface area contributed by atoms with Crippen LogP contribution in [0.25, 0.3) is 0 Å². The normalized spacial score (nSPS) is 39.7. The van der Waals surface area contributed by atoms with Crippen molar-refractivity contribution < 1.29 is 4.79 Å². The molecule has 0 N–H and O–H groups in total. The standard InChI is InChI=1S/C32H57NOS/c1-6-7-8-9-10-11-12-22-35-23-19-24(2)26-14-15-27-25-13-16-29-32(4,21-18-30(34)33(29)5)28(25)17-20-31(26,27)3/h24-29H,6-23H2,1-5H3/t24?,25-,26+,27-,28-,29?,31+,32+/m0/s1. The van der Waals surface area contributed by atoms with E-state index in [-0.39, 0.29) is 0 Å². The van der Waals surface area contributed by atoms with E-state index in [4.69, 9.17) is 0 Å². The molecule has 0 bridgehead atoms. The lowest BCUT2D eigenvalue weighted by molar-refractivity contribution is -0.158. The Morgan fingerprint density at radius 1 is 0.886 bits per heavy atom. The predicted molar refractivity (Wildman–Crippen MR) is 153 cm³/mol. The third kappa shape index (κ3) is 5.65. The van der Waals surface area contributed by atoms with Gasteiger partial charge in [-0.3, -0.25) is 4.79 Å². The third-order valence-corrected chi connectivity index (χ3v) is 13.0. The van der Waals surface area contributed by atoms with E-state index in [9.17, 15) is 4.79 Å². The Balaban J connectivity index is 1.24. The Kier molecular flexibility index (Phi) is 9.64. The second-order valence-electron chi connectivity index (χ2n) is 13.7. The van der Waals surface area contributed by atoms with Crippen LogP contribution >= 0.6 is 11.8 Å². The molecule has 0 aromatic carbocycles. The van der Waals surface area contributed by atoms with Gasteiger partial charge < -0.3 is 4.90 Å². The van der Waals surface area contributed by atoms with Crippen molar-refractivity contribution >= 4 is 17.7 Å². The summed E-state index contributed by atoms with van der Waals surface area (Å²) in [7, 11) is 2.09. The molecule has 4 rings (SSSR count). The maximum absolute atomic E-state index is 12.4. The second kappa shape index (κ2) is 12.1. The summed E-state index contributed by atoms with van der Waals surface area (Å²) in [6.45, 7) is 10.2. The number of rotatable bonds is 12. The zero-order valence-corrected chi connectivity index (χ0v) is 24.8. The van der Waals surface area contributed by atoms with E-state index in [1.165, 1.54) is 101 Å². The maximum Gasteiger partial charge on any atom is 0.222 e. The van der Waals surface area contributed by atoms with Crippen molar-refractivity contribution in [1.82, 2.24) is 4.90 Å². The number of hydrogen-bond donors (Lipinski definition) is 0. The molecule has 3 saturated carbocycles. The van der Waals surface area contributed by atoms with Crippen molar-refractivity contribution in [1.29, 1.82) is 0 Å². The first-order valence-electron chi connectivity index (χ1n) is 15.7. The lowest BCUT2D eigenvalue weighted by atomic mass is 9.46. The summed E-state index contributed by atoms with van der Waals surface area (Å²) in [4.78, 5) is 14.6. The van der Waals surface area contributed by atoms with E-state index in [1.807, 2.05) is 0 Å². The third-order valence-electron chi connectivity index (χ3n) is 11.9. The highest BCUT2D eigenvalue weighted by Gasteiger charge is 2.61. The van der Waals surface area contributed by atoms with Crippen molar-refractivity contribution in [3.8, 4) is 0 Å². The van der Waals surface area contributed by atoms with Crippen LogP contribution in [-0.2, 0) is 4.79 Å². The smallest absolute Gasteiger partial charge is 0.222 e. The zero-order chi connectivity index (χ0) is 25.1. The molecule has 3 aliphatic carbocycles. The molecule has 4 aliphatic rings. The first-order valence-corrected chi connectivity index (χ1v) is 16.8. The molecule has 2 nitrogen and oxygen atoms in total. The first kappa shape index (κ1) is 27.8. The number of piperidine rings is 1. The Bertz CT molecular complexity index is 695. The number of amides is 1. The Labute approximate surface area is 222 Å². The number of fused-ring (bicyclic) bond motifs is 5. The van der Waals surface area contributed by atoms with Crippen LogP contribution in [0.3, 0.4) is 0 Å². The lowest BCUT2D eigenvalue weighted by Crippen LogP contribution is -2.61. The molecular weight excluding hydrogens is 446 g/mol. The van der Waals surface area contributed by atoms with E-state index < -0.39 is 0 Å². The van der Waals surface area contributed by atoms with Gasteiger partial charge in [0.05, 0.1) is 0 Å². The highest BCUT2D eigenvalue weighted by molar-refractivity contribution is 7.99. The van der Waals surface area contributed by atoms with Crippen LogP contribution in [-0.4, -0.2) is 35.4 Å². The average Bonchev–Trinajstić information content (AvgIpc) is 3.20. The van der Waals surface area contributed by atoms with Gasteiger partial charge in [0.1, 0.15) is 0 Å². The number of nitrogens with zero attached hydrogens (tertiary/aromatic N) is 1. The minimum atomic E-state index is 0.364. The SMILES string of the molecule is CCCCCCCCCSCCC(C)[C@H]1CC[C@H]2[C@@H]3CCC4N(C)C(=O)CC[C@]4(C)[C@H]3CC[C@]12C. The van der Waals surface area contributed by atoms with Crippen molar-refractivity contribution in [2.75, 3.05) is 18.6 Å². The molecule has 35 heavy (non-hydrogen) atoms. The monoisotopic (exact) mass is 503 g/mol. The Morgan fingerprint density at radius 3 is 2.37 bits per heavy atom. The predicted octanol–water partition coefficient (Wildman–Crippen LogP) is 8.98. The number of unbranched alkanes of at least 4 members (excludes halogenated alkanes) is 6. The summed E-state index contributed by atoms with van der Waals surface area (Å²) in [5.41, 5.74) is 0.937. The van der Waals surface area contributed by atoms with Gasteiger partial charge >= 0.3 is 0 Å². The molecule has 1 amide bonds. The molecule has 0 spiro atoms. The molecular formula is C32H57NOS. The van der Waals surface area contributed by atoms with Crippen molar-refractivity contribution in [3.05, 3.63) is 0 Å². The zero-order valence-electron chi connectivity index (χ0n) is 24.0. The van der Waals surface area contributed by atoms with Crippen LogP contribution in [0.2, 0.25) is 0 Å². The average molecular weight is 504 g/mol. The molecule has 8 atom stereocenters. The summed E-state index contributed by atoms with van der Waals surface area (Å²) in [5.74, 6) is 7.68. The van der Waals surface area contributed by atoms with Crippen LogP contribution in [0.5, 0.6) is 0 Å². The van der Waals surface area contributed by atoms with Crippen LogP contribution in [0.4, 0.5) is 0 Å². The summed E-state index contributed by atoms with van der Waals surface area (Å²) >= 11 is 2.24. The van der Waals surface area contributed by atoms with Crippen LogP contribution in [0, 0.1) is 40.4 Å². The van der Waals surface area contributed by atoms with Gasteiger partial charge in [-0.05, 0) is 110 Å². The van der Waals surface area contributed by atoms with Crippen molar-refractivity contribution in [2.24, 2.45) is 40.4 Å². The number of thioether (sulfide) groups is 1. The van der Waals surface area contributed by atoms with Gasteiger partial charge in [-0.25, -0.2) is 0 Å². The fourth-order valence-corrected chi connectivity index (χ4v) is 11.0. The highest BCUT2D eigenvalue weighted by Crippen LogP contribution is 2.67. The minimum Gasteiger partial charge on any atom is -0.342 e. The lowest BCUT2D eigenvalue weighted by Gasteiger charge is -2.62. The van der Waals surface area contributed by atoms with E-state index in [2.05, 4.69) is 51.4 Å². The molecule has 0 aromatic rings. The molecule has 1 heterocycles. The number of carbonyl (C=O) groups is 1. The molecule has 1 saturated heterocycles. The Morgan fingerprint density at radius 2 is 1.60 bits per heavy atom. The van der Waals surface area contributed by atoms with Gasteiger partial charge in [-0.1, -0.05) is 66.2 Å². The number of likely N-dealkylation sites (tertiary alicyclic amines) is 1. The summed E-state index contributed by atoms with van der Waals surface area (Å²) in [6, 6.07) is 0.499. The molecule has 1 aliphatic heterocycles. The topological polar surface area (TPSA) is 20.3 Å². The van der Waals surface area contributed by atoms with Crippen molar-refractivity contribution in [3.63, 3.8) is 0 Å². The minimum absolute atomic E-state index is 0.364. The van der Waals surface area contributed by atoms with E-state index in [0.717, 1.165) is 42.4 Å². The van der Waals surface area contributed by atoms with E-state index in [0.29, 0.717) is 22.8 Å². The van der Waals surface area contributed by atoms with Crippen LogP contribution in [0.1, 0.15) is 130 Å². The quantitative estimate of drug-likeness (QED) is 0.248. The second-order valence-corrected chi connectivity index (χ2v) is 14.9. The summed E-state index contributed by atoms with van der Waals surface area (Å²) < 4.78 is 0. The fraction of sp³-hybridized carbons (Fsp3) is 0.969. The fourth-order valence-electron chi connectivity index (χ4n) is 9.86. The van der Waals surface area contributed by atoms with Gasteiger partial charge in [-0.15, -0.1) is 0 Å². The van der Waals surface area contributed by atoms with Crippen molar-refractivity contribution in [2.45, 2.75) is 136 Å². The van der Waals surface area contributed by atoms with E-state index >= 15 is 0 Å². The number of carbonyl (C=O) groups excluding carboxylic acids is 1. The Hall–Kier alpha value is -0.180. The molecule has 2 unspecified atom stereocenters. The molecule has 0 aromatic heterocycles. The van der Waals surface area contributed by atoms with Gasteiger partial charge in [0.2, 0.25) is 5.91 Å². The van der Waals surface area contributed by atoms with Crippen LogP contribution < -0.4 is 0 Å². The van der Waals surface area contributed by atoms with Crippen LogP contribution in [0.15, 0.2) is 0 Å². The highest BCUT2D eigenvalue weighted by atomic mass is 32.2. The van der Waals surface area contributed by atoms with E-state index in [1.54, 1.807) is 0 Å². The maximum atomic E-state index is 12.4.